The number of hydrogen-bond donors (Lipinski definition) is 0. The molecule has 0 amide bonds. The maximum atomic E-state index is 4.05. The zero-order valence-corrected chi connectivity index (χ0v) is 7.09. The molecule has 1 fully saturated rings. The summed E-state index contributed by atoms with van der Waals surface area (Å²) < 4.78 is 0. The Hall–Kier alpha value is -0.720. The van der Waals surface area contributed by atoms with E-state index in [1.807, 2.05) is 0 Å². The summed E-state index contributed by atoms with van der Waals surface area (Å²) in [7, 11) is 2.18. The van der Waals surface area contributed by atoms with Crippen LogP contribution < -0.4 is 0 Å². The van der Waals surface area contributed by atoms with Crippen LogP contribution in [0.2, 0.25) is 0 Å². The average Bonchev–Trinajstić information content (AvgIpc) is 2.32. The van der Waals surface area contributed by atoms with Crippen LogP contribution >= 0.6 is 0 Å². The van der Waals surface area contributed by atoms with Gasteiger partial charge in [0.1, 0.15) is 0 Å². The second-order valence-electron chi connectivity index (χ2n) is 3.73. The lowest BCUT2D eigenvalue weighted by Crippen LogP contribution is -2.31. The molecule has 2 atom stereocenters. The first-order valence-corrected chi connectivity index (χ1v) is 4.34. The van der Waals surface area contributed by atoms with Crippen molar-refractivity contribution in [2.75, 3.05) is 7.05 Å². The number of rotatable bonds is 0. The van der Waals surface area contributed by atoms with Crippen LogP contribution in [0.1, 0.15) is 19.3 Å². The van der Waals surface area contributed by atoms with Crippen molar-refractivity contribution in [1.82, 2.24) is 4.90 Å². The summed E-state index contributed by atoms with van der Waals surface area (Å²) in [5.74, 6) is 0.765. The lowest BCUT2D eigenvalue weighted by molar-refractivity contribution is 0.259. The van der Waals surface area contributed by atoms with E-state index in [0.717, 1.165) is 12.0 Å². The van der Waals surface area contributed by atoms with Gasteiger partial charge in [0.15, 0.2) is 0 Å². The van der Waals surface area contributed by atoms with Gasteiger partial charge in [0.25, 0.3) is 0 Å². The maximum absolute atomic E-state index is 4.05. The molecule has 1 saturated carbocycles. The van der Waals surface area contributed by atoms with Gasteiger partial charge in [-0.3, -0.25) is 0 Å². The van der Waals surface area contributed by atoms with Crippen molar-refractivity contribution in [3.63, 3.8) is 0 Å². The first-order chi connectivity index (χ1) is 5.27. The number of nitrogens with zero attached hydrogens (tertiary/aromatic N) is 1. The zero-order valence-electron chi connectivity index (χ0n) is 7.09. The highest BCUT2D eigenvalue weighted by molar-refractivity contribution is 5.13. The molecule has 1 aliphatic heterocycles. The third-order valence-electron chi connectivity index (χ3n) is 2.90. The van der Waals surface area contributed by atoms with Crippen LogP contribution in [0.3, 0.4) is 0 Å². The van der Waals surface area contributed by atoms with Gasteiger partial charge in [0, 0.05) is 19.0 Å². The van der Waals surface area contributed by atoms with E-state index in [4.69, 9.17) is 0 Å². The fraction of sp³-hybridized carbons (Fsp3) is 0.600. The summed E-state index contributed by atoms with van der Waals surface area (Å²) in [6, 6.07) is 0.778. The molecule has 1 heterocycles. The Labute approximate surface area is 68.4 Å². The topological polar surface area (TPSA) is 3.24 Å². The quantitative estimate of drug-likeness (QED) is 0.477. The molecule has 0 aromatic carbocycles. The Morgan fingerprint density at radius 2 is 2.45 bits per heavy atom. The highest BCUT2D eigenvalue weighted by atomic mass is 15.1. The van der Waals surface area contributed by atoms with Crippen molar-refractivity contribution in [2.24, 2.45) is 5.92 Å². The Bertz CT molecular complexity index is 205. The molecular weight excluding hydrogens is 134 g/mol. The summed E-state index contributed by atoms with van der Waals surface area (Å²) in [5, 5.41) is 0. The second kappa shape index (κ2) is 2.40. The van der Waals surface area contributed by atoms with Crippen LogP contribution in [0.4, 0.5) is 0 Å². The summed E-state index contributed by atoms with van der Waals surface area (Å²) in [6.45, 7) is 4.05. The molecule has 60 valence electrons. The number of allylic oxidation sites excluding steroid dienone is 1. The molecule has 0 radical (unpaired) electrons. The molecule has 1 nitrogen and oxygen atoms in total. The van der Waals surface area contributed by atoms with Crippen molar-refractivity contribution >= 4 is 0 Å². The maximum Gasteiger partial charge on any atom is 0.0350 e. The smallest absolute Gasteiger partial charge is 0.0350 e. The molecule has 1 aliphatic carbocycles. The van der Waals surface area contributed by atoms with Gasteiger partial charge in [-0.15, -0.1) is 0 Å². The standard InChI is InChI=1S/C10H15N/c1-8-3-4-10-9(7-8)5-6-11(10)2/h5-6,9-10H,1,3-4,7H2,2H3. The zero-order chi connectivity index (χ0) is 7.84. The van der Waals surface area contributed by atoms with Crippen molar-refractivity contribution in [3.05, 3.63) is 24.4 Å². The van der Waals surface area contributed by atoms with Gasteiger partial charge in [-0.2, -0.15) is 0 Å². The lowest BCUT2D eigenvalue weighted by atomic mass is 9.83. The van der Waals surface area contributed by atoms with Gasteiger partial charge in [-0.05, 0) is 25.5 Å². The third-order valence-corrected chi connectivity index (χ3v) is 2.90. The van der Waals surface area contributed by atoms with Crippen molar-refractivity contribution < 1.29 is 0 Å². The van der Waals surface area contributed by atoms with Crippen molar-refractivity contribution in [3.8, 4) is 0 Å². The fourth-order valence-electron chi connectivity index (χ4n) is 2.20. The van der Waals surface area contributed by atoms with E-state index in [2.05, 4.69) is 30.8 Å². The van der Waals surface area contributed by atoms with E-state index in [9.17, 15) is 0 Å². The third kappa shape index (κ3) is 1.09. The largest absolute Gasteiger partial charge is 0.377 e. The molecule has 0 saturated heterocycles. The van der Waals surface area contributed by atoms with Crippen LogP contribution in [0.15, 0.2) is 24.4 Å². The highest BCUT2D eigenvalue weighted by Gasteiger charge is 2.30. The van der Waals surface area contributed by atoms with Crippen LogP contribution in [-0.2, 0) is 0 Å². The van der Waals surface area contributed by atoms with E-state index in [0.29, 0.717) is 0 Å². The molecule has 1 heteroatoms. The van der Waals surface area contributed by atoms with Gasteiger partial charge in [-0.1, -0.05) is 18.2 Å². The Morgan fingerprint density at radius 1 is 1.64 bits per heavy atom. The predicted molar refractivity (Wildman–Crippen MR) is 47.2 cm³/mol. The van der Waals surface area contributed by atoms with Crippen LogP contribution in [0, 0.1) is 5.92 Å². The first kappa shape index (κ1) is 6.96. The number of hydrogen-bond acceptors (Lipinski definition) is 1. The Balaban J connectivity index is 2.11. The van der Waals surface area contributed by atoms with E-state index in [-0.39, 0.29) is 0 Å². The molecule has 2 aliphatic rings. The van der Waals surface area contributed by atoms with Gasteiger partial charge >= 0.3 is 0 Å². The molecule has 0 bridgehead atoms. The summed E-state index contributed by atoms with van der Waals surface area (Å²) >= 11 is 0. The van der Waals surface area contributed by atoms with Gasteiger partial charge in [0.05, 0.1) is 0 Å². The Morgan fingerprint density at radius 3 is 3.27 bits per heavy atom. The van der Waals surface area contributed by atoms with E-state index in [1.165, 1.54) is 24.8 Å². The molecule has 0 aromatic rings. The molecule has 2 unspecified atom stereocenters. The van der Waals surface area contributed by atoms with Crippen LogP contribution in [0.5, 0.6) is 0 Å². The minimum absolute atomic E-state index is 0.765. The van der Waals surface area contributed by atoms with Gasteiger partial charge < -0.3 is 4.90 Å². The fourth-order valence-corrected chi connectivity index (χ4v) is 2.20. The van der Waals surface area contributed by atoms with Gasteiger partial charge in [0.2, 0.25) is 0 Å². The number of fused-ring (bicyclic) bond motifs is 1. The Kier molecular flexibility index (Phi) is 1.52. The monoisotopic (exact) mass is 149 g/mol. The van der Waals surface area contributed by atoms with Crippen molar-refractivity contribution in [2.45, 2.75) is 25.3 Å². The summed E-state index contributed by atoms with van der Waals surface area (Å²) in [4.78, 5) is 2.34. The van der Waals surface area contributed by atoms with Gasteiger partial charge in [-0.25, -0.2) is 0 Å². The van der Waals surface area contributed by atoms with Crippen molar-refractivity contribution in [1.29, 1.82) is 0 Å². The first-order valence-electron chi connectivity index (χ1n) is 4.34. The van der Waals surface area contributed by atoms with E-state index >= 15 is 0 Å². The SMILES string of the molecule is C=C1CCC2C(C=CN2C)C1. The molecule has 0 aromatic heterocycles. The predicted octanol–water partition coefficient (Wildman–Crippen LogP) is 2.17. The second-order valence-corrected chi connectivity index (χ2v) is 3.73. The average molecular weight is 149 g/mol. The molecular formula is C10H15N. The van der Waals surface area contributed by atoms with Crippen LogP contribution in [0.25, 0.3) is 0 Å². The normalized spacial score (nSPS) is 36.1. The molecule has 2 rings (SSSR count). The molecule has 0 spiro atoms. The van der Waals surface area contributed by atoms with E-state index < -0.39 is 0 Å². The minimum Gasteiger partial charge on any atom is -0.377 e. The molecule has 0 N–H and O–H groups in total. The summed E-state index contributed by atoms with van der Waals surface area (Å²) in [5.41, 5.74) is 1.44. The lowest BCUT2D eigenvalue weighted by Gasteiger charge is -2.31. The molecule has 11 heavy (non-hydrogen) atoms. The highest BCUT2D eigenvalue weighted by Crippen LogP contribution is 2.35. The van der Waals surface area contributed by atoms with E-state index in [1.54, 1.807) is 0 Å². The minimum atomic E-state index is 0.765. The van der Waals surface area contributed by atoms with Crippen LogP contribution in [-0.4, -0.2) is 18.0 Å². The summed E-state index contributed by atoms with van der Waals surface area (Å²) in [6.07, 6.45) is 8.29.